The normalized spacial score (nSPS) is 15.7. The maximum absolute atomic E-state index is 13.5. The third kappa shape index (κ3) is 3.74. The Hall–Kier alpha value is -1.53. The van der Waals surface area contributed by atoms with E-state index in [1.54, 1.807) is 16.8 Å². The van der Waals surface area contributed by atoms with E-state index < -0.39 is 11.6 Å². The van der Waals surface area contributed by atoms with Gasteiger partial charge in [-0.1, -0.05) is 12.1 Å². The average Bonchev–Trinajstić information content (AvgIpc) is 2.45. The lowest BCUT2D eigenvalue weighted by molar-refractivity contribution is -0.136. The molecule has 0 N–H and O–H groups in total. The summed E-state index contributed by atoms with van der Waals surface area (Å²) in [6, 6.07) is 4.07. The van der Waals surface area contributed by atoms with E-state index in [-0.39, 0.29) is 24.6 Å². The van der Waals surface area contributed by atoms with Crippen molar-refractivity contribution in [3.63, 3.8) is 0 Å². The number of morpholine rings is 1. The molecule has 4 nitrogen and oxygen atoms in total. The molecule has 2 rings (SSSR count). The summed E-state index contributed by atoms with van der Waals surface area (Å²) in [6.07, 6.45) is 0. The molecule has 0 aromatic heterocycles. The van der Waals surface area contributed by atoms with Gasteiger partial charge in [-0.05, 0) is 13.1 Å². The van der Waals surface area contributed by atoms with Crippen molar-refractivity contribution in [3.8, 4) is 0 Å². The molecular formula is C14H18F2N2O2. The molecule has 0 unspecified atom stereocenters. The number of amides is 1. The Morgan fingerprint density at radius 3 is 2.75 bits per heavy atom. The number of benzene rings is 1. The van der Waals surface area contributed by atoms with Crippen molar-refractivity contribution in [1.82, 2.24) is 9.80 Å². The number of hydrogen-bond acceptors (Lipinski definition) is 3. The summed E-state index contributed by atoms with van der Waals surface area (Å²) in [5.41, 5.74) is 0.252. The maximum Gasteiger partial charge on any atom is 0.236 e. The molecule has 0 radical (unpaired) electrons. The zero-order valence-corrected chi connectivity index (χ0v) is 11.4. The van der Waals surface area contributed by atoms with Gasteiger partial charge in [0.2, 0.25) is 5.91 Å². The van der Waals surface area contributed by atoms with Crippen LogP contribution in [-0.4, -0.2) is 55.6 Å². The minimum Gasteiger partial charge on any atom is -0.378 e. The minimum atomic E-state index is -0.865. The summed E-state index contributed by atoms with van der Waals surface area (Å²) < 4.78 is 31.8. The Labute approximate surface area is 116 Å². The van der Waals surface area contributed by atoms with E-state index in [9.17, 15) is 13.6 Å². The third-order valence-corrected chi connectivity index (χ3v) is 3.24. The second-order valence-corrected chi connectivity index (χ2v) is 4.88. The average molecular weight is 284 g/mol. The fourth-order valence-corrected chi connectivity index (χ4v) is 2.16. The highest BCUT2D eigenvalue weighted by Crippen LogP contribution is 2.13. The SMILES string of the molecule is CN(CC(=O)N1CCOCC1)Cc1cccc(F)c1F. The predicted octanol–water partition coefficient (Wildman–Crippen LogP) is 1.26. The molecular weight excluding hydrogens is 266 g/mol. The monoisotopic (exact) mass is 284 g/mol. The van der Waals surface area contributed by atoms with Gasteiger partial charge >= 0.3 is 0 Å². The maximum atomic E-state index is 13.5. The quantitative estimate of drug-likeness (QED) is 0.834. The van der Waals surface area contributed by atoms with Gasteiger partial charge in [0.1, 0.15) is 0 Å². The zero-order valence-electron chi connectivity index (χ0n) is 11.4. The van der Waals surface area contributed by atoms with Crippen LogP contribution in [0.15, 0.2) is 18.2 Å². The van der Waals surface area contributed by atoms with Crippen LogP contribution < -0.4 is 0 Å². The van der Waals surface area contributed by atoms with E-state index in [1.807, 2.05) is 0 Å². The highest BCUT2D eigenvalue weighted by atomic mass is 19.2. The number of carbonyl (C=O) groups is 1. The van der Waals surface area contributed by atoms with Gasteiger partial charge in [-0.2, -0.15) is 0 Å². The van der Waals surface area contributed by atoms with E-state index in [2.05, 4.69) is 0 Å². The first-order valence-electron chi connectivity index (χ1n) is 6.55. The van der Waals surface area contributed by atoms with Crippen LogP contribution in [0.2, 0.25) is 0 Å². The molecule has 0 atom stereocenters. The summed E-state index contributed by atoms with van der Waals surface area (Å²) in [7, 11) is 1.71. The molecule has 1 aliphatic rings. The van der Waals surface area contributed by atoms with Gasteiger partial charge in [-0.3, -0.25) is 9.69 Å². The Kier molecular flexibility index (Phi) is 5.03. The van der Waals surface area contributed by atoms with Crippen molar-refractivity contribution in [1.29, 1.82) is 0 Å². The molecule has 1 amide bonds. The summed E-state index contributed by atoms with van der Waals surface area (Å²) in [5, 5.41) is 0. The molecule has 20 heavy (non-hydrogen) atoms. The van der Waals surface area contributed by atoms with Gasteiger partial charge in [-0.15, -0.1) is 0 Å². The molecule has 110 valence electrons. The van der Waals surface area contributed by atoms with Crippen molar-refractivity contribution in [2.24, 2.45) is 0 Å². The number of halogens is 2. The first kappa shape index (κ1) is 14.9. The Balaban J connectivity index is 1.90. The summed E-state index contributed by atoms with van der Waals surface area (Å²) in [4.78, 5) is 15.4. The van der Waals surface area contributed by atoms with Crippen LogP contribution in [0.4, 0.5) is 8.78 Å². The predicted molar refractivity (Wildman–Crippen MR) is 70.1 cm³/mol. The number of likely N-dealkylation sites (N-methyl/N-ethyl adjacent to an activating group) is 1. The molecule has 1 aromatic rings. The van der Waals surface area contributed by atoms with E-state index in [0.717, 1.165) is 6.07 Å². The number of carbonyl (C=O) groups excluding carboxylic acids is 1. The number of ether oxygens (including phenoxy) is 1. The first-order valence-corrected chi connectivity index (χ1v) is 6.55. The van der Waals surface area contributed by atoms with Crippen molar-refractivity contribution >= 4 is 5.91 Å². The fraction of sp³-hybridized carbons (Fsp3) is 0.500. The summed E-state index contributed by atoms with van der Waals surface area (Å²) >= 11 is 0. The first-order chi connectivity index (χ1) is 9.58. The van der Waals surface area contributed by atoms with Crippen LogP contribution in [-0.2, 0) is 16.1 Å². The Bertz CT molecular complexity index is 476. The third-order valence-electron chi connectivity index (χ3n) is 3.24. The molecule has 6 heteroatoms. The van der Waals surface area contributed by atoms with E-state index >= 15 is 0 Å². The molecule has 1 heterocycles. The molecule has 1 fully saturated rings. The van der Waals surface area contributed by atoms with E-state index in [4.69, 9.17) is 4.74 Å². The lowest BCUT2D eigenvalue weighted by atomic mass is 10.2. The minimum absolute atomic E-state index is 0.0207. The standard InChI is InChI=1S/C14H18F2N2O2/c1-17(9-11-3-2-4-12(15)14(11)16)10-13(19)18-5-7-20-8-6-18/h2-4H,5-10H2,1H3. The second kappa shape index (κ2) is 6.76. The van der Waals surface area contributed by atoms with Crippen LogP contribution in [0.5, 0.6) is 0 Å². The molecule has 0 bridgehead atoms. The topological polar surface area (TPSA) is 32.8 Å². The number of rotatable bonds is 4. The summed E-state index contributed by atoms with van der Waals surface area (Å²) in [5.74, 6) is -1.74. The molecule has 1 saturated heterocycles. The number of hydrogen-bond donors (Lipinski definition) is 0. The van der Waals surface area contributed by atoms with Crippen molar-refractivity contribution < 1.29 is 18.3 Å². The number of nitrogens with zero attached hydrogens (tertiary/aromatic N) is 2. The van der Waals surface area contributed by atoms with Gasteiger partial charge in [0.25, 0.3) is 0 Å². The van der Waals surface area contributed by atoms with Gasteiger partial charge in [0.05, 0.1) is 19.8 Å². The molecule has 0 saturated carbocycles. The Morgan fingerprint density at radius 1 is 1.35 bits per heavy atom. The van der Waals surface area contributed by atoms with Crippen molar-refractivity contribution in [2.45, 2.75) is 6.54 Å². The smallest absolute Gasteiger partial charge is 0.236 e. The van der Waals surface area contributed by atoms with Crippen molar-refractivity contribution in [3.05, 3.63) is 35.4 Å². The van der Waals surface area contributed by atoms with Crippen LogP contribution >= 0.6 is 0 Å². The summed E-state index contributed by atoms with van der Waals surface area (Å²) in [6.45, 7) is 2.64. The molecule has 1 aliphatic heterocycles. The molecule has 0 aliphatic carbocycles. The molecule has 1 aromatic carbocycles. The van der Waals surface area contributed by atoms with Crippen LogP contribution in [0.25, 0.3) is 0 Å². The Morgan fingerprint density at radius 2 is 2.05 bits per heavy atom. The fourth-order valence-electron chi connectivity index (χ4n) is 2.16. The van der Waals surface area contributed by atoms with Crippen LogP contribution in [0.1, 0.15) is 5.56 Å². The second-order valence-electron chi connectivity index (χ2n) is 4.88. The zero-order chi connectivity index (χ0) is 14.5. The van der Waals surface area contributed by atoms with Gasteiger partial charge in [-0.25, -0.2) is 8.78 Å². The van der Waals surface area contributed by atoms with Gasteiger partial charge < -0.3 is 9.64 Å². The largest absolute Gasteiger partial charge is 0.378 e. The van der Waals surface area contributed by atoms with Crippen molar-refractivity contribution in [2.75, 3.05) is 39.9 Å². The lowest BCUT2D eigenvalue weighted by Gasteiger charge is -2.28. The van der Waals surface area contributed by atoms with Gasteiger partial charge in [0, 0.05) is 25.2 Å². The molecule has 0 spiro atoms. The van der Waals surface area contributed by atoms with Gasteiger partial charge in [0.15, 0.2) is 11.6 Å². The van der Waals surface area contributed by atoms with Crippen LogP contribution in [0, 0.1) is 11.6 Å². The highest BCUT2D eigenvalue weighted by Gasteiger charge is 2.19. The van der Waals surface area contributed by atoms with Crippen LogP contribution in [0.3, 0.4) is 0 Å². The van der Waals surface area contributed by atoms with E-state index in [0.29, 0.717) is 26.3 Å². The van der Waals surface area contributed by atoms with E-state index in [1.165, 1.54) is 12.1 Å². The highest BCUT2D eigenvalue weighted by molar-refractivity contribution is 5.78. The lowest BCUT2D eigenvalue weighted by Crippen LogP contribution is -2.44.